The predicted octanol–water partition coefficient (Wildman–Crippen LogP) is 3.68. The molecule has 0 spiro atoms. The van der Waals surface area contributed by atoms with Crippen molar-refractivity contribution in [3.8, 4) is 0 Å². The van der Waals surface area contributed by atoms with E-state index in [4.69, 9.17) is 9.47 Å². The summed E-state index contributed by atoms with van der Waals surface area (Å²) in [5.41, 5.74) is 2.53. The SMILES string of the molecule is CCOC(=O)C(Cc1c[nH]c2c(C(=O)c3ccccc3)cccc12)C(=O)OCC. The highest BCUT2D eigenvalue weighted by molar-refractivity contribution is 6.16. The van der Waals surface area contributed by atoms with Gasteiger partial charge in [-0.25, -0.2) is 0 Å². The summed E-state index contributed by atoms with van der Waals surface area (Å²) in [6.07, 6.45) is 1.85. The number of rotatable bonds is 8. The summed E-state index contributed by atoms with van der Waals surface area (Å²) in [7, 11) is 0. The minimum absolute atomic E-state index is 0.100. The number of nitrogens with one attached hydrogen (secondary N) is 1. The first-order chi connectivity index (χ1) is 14.1. The lowest BCUT2D eigenvalue weighted by atomic mass is 9.96. The Bertz CT molecular complexity index is 1000. The van der Waals surface area contributed by atoms with Crippen LogP contribution in [0.1, 0.15) is 35.3 Å². The van der Waals surface area contributed by atoms with Crippen LogP contribution in [0.25, 0.3) is 10.9 Å². The summed E-state index contributed by atoms with van der Waals surface area (Å²) in [6.45, 7) is 3.73. The number of ether oxygens (including phenoxy) is 2. The third-order valence-corrected chi connectivity index (χ3v) is 4.65. The molecule has 0 fully saturated rings. The summed E-state index contributed by atoms with van der Waals surface area (Å²) in [4.78, 5) is 40.6. The van der Waals surface area contributed by atoms with Gasteiger partial charge < -0.3 is 14.5 Å². The van der Waals surface area contributed by atoms with E-state index in [0.717, 1.165) is 10.9 Å². The molecule has 150 valence electrons. The van der Waals surface area contributed by atoms with Crippen LogP contribution in [0.4, 0.5) is 0 Å². The van der Waals surface area contributed by atoms with Crippen molar-refractivity contribution in [3.05, 3.63) is 71.4 Å². The number of fused-ring (bicyclic) bond motifs is 1. The zero-order valence-corrected chi connectivity index (χ0v) is 16.4. The van der Waals surface area contributed by atoms with Gasteiger partial charge in [0.15, 0.2) is 11.7 Å². The number of aromatic nitrogens is 1. The molecule has 1 N–H and O–H groups in total. The van der Waals surface area contributed by atoms with E-state index in [1.54, 1.807) is 44.3 Å². The topological polar surface area (TPSA) is 85.5 Å². The molecule has 6 nitrogen and oxygen atoms in total. The maximum absolute atomic E-state index is 12.9. The molecule has 0 saturated heterocycles. The van der Waals surface area contributed by atoms with Gasteiger partial charge in [0.1, 0.15) is 0 Å². The Kier molecular flexibility index (Phi) is 6.44. The second-order valence-corrected chi connectivity index (χ2v) is 6.50. The number of aromatic amines is 1. The average Bonchev–Trinajstić information content (AvgIpc) is 3.15. The summed E-state index contributed by atoms with van der Waals surface area (Å²) in [5, 5.41) is 0.783. The van der Waals surface area contributed by atoms with Gasteiger partial charge in [0.25, 0.3) is 0 Å². The third-order valence-electron chi connectivity index (χ3n) is 4.65. The Morgan fingerprint density at radius 3 is 2.17 bits per heavy atom. The van der Waals surface area contributed by atoms with Crippen LogP contribution in [0.15, 0.2) is 54.7 Å². The Hall–Kier alpha value is -3.41. The van der Waals surface area contributed by atoms with E-state index in [-0.39, 0.29) is 25.4 Å². The summed E-state index contributed by atoms with van der Waals surface area (Å²) < 4.78 is 10.1. The van der Waals surface area contributed by atoms with Gasteiger partial charge in [-0.05, 0) is 31.9 Å². The van der Waals surface area contributed by atoms with Gasteiger partial charge in [0, 0.05) is 22.7 Å². The number of carbonyl (C=O) groups is 3. The highest BCUT2D eigenvalue weighted by Crippen LogP contribution is 2.26. The molecule has 0 saturated carbocycles. The van der Waals surface area contributed by atoms with Gasteiger partial charge >= 0.3 is 11.9 Å². The number of esters is 2. The Morgan fingerprint density at radius 1 is 0.897 bits per heavy atom. The fourth-order valence-electron chi connectivity index (χ4n) is 3.28. The van der Waals surface area contributed by atoms with Crippen LogP contribution in [0.2, 0.25) is 0 Å². The van der Waals surface area contributed by atoms with Crippen LogP contribution in [-0.4, -0.2) is 35.9 Å². The van der Waals surface area contributed by atoms with Gasteiger partial charge in [-0.2, -0.15) is 0 Å². The molecule has 0 aliphatic carbocycles. The van der Waals surface area contributed by atoms with Crippen LogP contribution in [-0.2, 0) is 25.5 Å². The van der Waals surface area contributed by atoms with Gasteiger partial charge in [0.05, 0.1) is 18.7 Å². The largest absolute Gasteiger partial charge is 0.465 e. The van der Waals surface area contributed by atoms with Gasteiger partial charge in [0.2, 0.25) is 0 Å². The van der Waals surface area contributed by atoms with Crippen molar-refractivity contribution in [2.75, 3.05) is 13.2 Å². The molecule has 1 heterocycles. The van der Waals surface area contributed by atoms with E-state index >= 15 is 0 Å². The average molecular weight is 393 g/mol. The lowest BCUT2D eigenvalue weighted by molar-refractivity contribution is -0.161. The fraction of sp³-hybridized carbons (Fsp3) is 0.261. The highest BCUT2D eigenvalue weighted by Gasteiger charge is 2.31. The van der Waals surface area contributed by atoms with Crippen LogP contribution in [0, 0.1) is 5.92 Å². The summed E-state index contributed by atoms with van der Waals surface area (Å²) in [5.74, 6) is -2.38. The molecule has 0 unspecified atom stereocenters. The first-order valence-corrected chi connectivity index (χ1v) is 9.58. The summed E-state index contributed by atoms with van der Waals surface area (Å²) >= 11 is 0. The van der Waals surface area contributed by atoms with Crippen molar-refractivity contribution in [2.24, 2.45) is 5.92 Å². The second kappa shape index (κ2) is 9.19. The smallest absolute Gasteiger partial charge is 0.320 e. The van der Waals surface area contributed by atoms with Crippen LogP contribution in [0.5, 0.6) is 0 Å². The molecule has 2 aromatic carbocycles. The molecular weight excluding hydrogens is 370 g/mol. The highest BCUT2D eigenvalue weighted by atomic mass is 16.6. The number of ketones is 1. The number of para-hydroxylation sites is 1. The van der Waals surface area contributed by atoms with E-state index in [9.17, 15) is 14.4 Å². The number of benzene rings is 2. The van der Waals surface area contributed by atoms with Gasteiger partial charge in [-0.3, -0.25) is 14.4 Å². The standard InChI is InChI=1S/C23H23NO5/c1-3-28-22(26)19(23(27)29-4-2)13-16-14-24-20-17(16)11-8-12-18(20)21(25)15-9-6-5-7-10-15/h5-12,14,19,24H,3-4,13H2,1-2H3. The molecule has 1 aromatic heterocycles. The molecule has 0 amide bonds. The van der Waals surface area contributed by atoms with Crippen molar-refractivity contribution in [3.63, 3.8) is 0 Å². The molecule has 0 aliphatic rings. The molecule has 29 heavy (non-hydrogen) atoms. The Labute approximate surface area is 168 Å². The van der Waals surface area contributed by atoms with Crippen molar-refractivity contribution in [1.29, 1.82) is 0 Å². The third kappa shape index (κ3) is 4.37. The maximum Gasteiger partial charge on any atom is 0.320 e. The zero-order valence-electron chi connectivity index (χ0n) is 16.4. The number of hydrogen-bond acceptors (Lipinski definition) is 5. The second-order valence-electron chi connectivity index (χ2n) is 6.50. The lowest BCUT2D eigenvalue weighted by Gasteiger charge is -2.14. The van der Waals surface area contributed by atoms with Crippen molar-refractivity contribution in [2.45, 2.75) is 20.3 Å². The fourth-order valence-corrected chi connectivity index (χ4v) is 3.28. The maximum atomic E-state index is 12.9. The van der Waals surface area contributed by atoms with Crippen LogP contribution < -0.4 is 0 Å². The first-order valence-electron chi connectivity index (χ1n) is 9.58. The normalized spacial score (nSPS) is 10.9. The molecular formula is C23H23NO5. The zero-order chi connectivity index (χ0) is 20.8. The monoisotopic (exact) mass is 393 g/mol. The number of hydrogen-bond donors (Lipinski definition) is 1. The molecule has 6 heteroatoms. The Morgan fingerprint density at radius 2 is 1.55 bits per heavy atom. The van der Waals surface area contributed by atoms with E-state index in [0.29, 0.717) is 16.6 Å². The number of H-pyrrole nitrogens is 1. The minimum Gasteiger partial charge on any atom is -0.465 e. The quantitative estimate of drug-likeness (QED) is 0.358. The Balaban J connectivity index is 1.95. The van der Waals surface area contributed by atoms with Crippen molar-refractivity contribution in [1.82, 2.24) is 4.98 Å². The molecule has 0 radical (unpaired) electrons. The minimum atomic E-state index is -1.05. The van der Waals surface area contributed by atoms with E-state index < -0.39 is 17.9 Å². The first kappa shape index (κ1) is 20.3. The summed E-state index contributed by atoms with van der Waals surface area (Å²) in [6, 6.07) is 14.4. The molecule has 0 bridgehead atoms. The predicted molar refractivity (Wildman–Crippen MR) is 109 cm³/mol. The van der Waals surface area contributed by atoms with Crippen molar-refractivity contribution < 1.29 is 23.9 Å². The molecule has 3 rings (SSSR count). The van der Waals surface area contributed by atoms with Gasteiger partial charge in [-0.15, -0.1) is 0 Å². The number of carbonyl (C=O) groups excluding carboxylic acids is 3. The van der Waals surface area contributed by atoms with E-state index in [1.165, 1.54) is 0 Å². The molecule has 0 atom stereocenters. The van der Waals surface area contributed by atoms with Crippen LogP contribution >= 0.6 is 0 Å². The van der Waals surface area contributed by atoms with Gasteiger partial charge in [-0.1, -0.05) is 42.5 Å². The van der Waals surface area contributed by atoms with Crippen molar-refractivity contribution >= 4 is 28.6 Å². The molecule has 3 aromatic rings. The van der Waals surface area contributed by atoms with E-state index in [1.807, 2.05) is 24.3 Å². The van der Waals surface area contributed by atoms with E-state index in [2.05, 4.69) is 4.98 Å². The lowest BCUT2D eigenvalue weighted by Crippen LogP contribution is -2.30. The molecule has 0 aliphatic heterocycles. The van der Waals surface area contributed by atoms with Crippen LogP contribution in [0.3, 0.4) is 0 Å².